The van der Waals surface area contributed by atoms with Crippen LogP contribution in [0.3, 0.4) is 0 Å². The molecule has 0 aromatic carbocycles. The minimum atomic E-state index is -2.82. The van der Waals surface area contributed by atoms with E-state index in [-0.39, 0.29) is 0 Å². The van der Waals surface area contributed by atoms with Gasteiger partial charge in [0.15, 0.2) is 0 Å². The molecule has 0 radical (unpaired) electrons. The summed E-state index contributed by atoms with van der Waals surface area (Å²) in [4.78, 5) is 2.24. The van der Waals surface area contributed by atoms with E-state index in [2.05, 4.69) is 55.3 Å². The Morgan fingerprint density at radius 2 is 0.950 bits per heavy atom. The molecule has 0 aromatic rings. The molecule has 0 amide bonds. The molecule has 0 spiro atoms. The van der Waals surface area contributed by atoms with Crippen molar-refractivity contribution in [2.75, 3.05) is 34.5 Å². The quantitative estimate of drug-likeness (QED) is 0.355. The zero-order valence-corrected chi connectivity index (χ0v) is 18.3. The summed E-state index contributed by atoms with van der Waals surface area (Å²) in [7, 11) is 0. The molecule has 4 heteroatoms. The van der Waals surface area contributed by atoms with Gasteiger partial charge in [0.1, 0.15) is 0 Å². The molecule has 20 heavy (non-hydrogen) atoms. The van der Waals surface area contributed by atoms with Crippen LogP contribution in [0.15, 0.2) is 0 Å². The zero-order valence-electron chi connectivity index (χ0n) is 13.0. The van der Waals surface area contributed by atoms with Crippen LogP contribution in [0.25, 0.3) is 0 Å². The maximum absolute atomic E-state index is 3.46. The van der Waals surface area contributed by atoms with Crippen LogP contribution in [-0.4, -0.2) is 52.9 Å². The van der Waals surface area contributed by atoms with Crippen LogP contribution >= 0.6 is 35.3 Å². The van der Waals surface area contributed by atoms with E-state index in [0.29, 0.717) is 0 Å². The normalized spacial score (nSPS) is 9.60. The van der Waals surface area contributed by atoms with Gasteiger partial charge < -0.3 is 0 Å². The van der Waals surface area contributed by atoms with Crippen molar-refractivity contribution >= 4 is 53.7 Å². The van der Waals surface area contributed by atoms with E-state index in [1.165, 1.54) is 0 Å². The Morgan fingerprint density at radius 3 is 1.20 bits per heavy atom. The molecular weight excluding hydrogens is 407 g/mol. The second-order valence-electron chi connectivity index (χ2n) is 3.94. The minimum absolute atomic E-state index is 0.916. The van der Waals surface area contributed by atoms with Crippen LogP contribution in [0, 0.1) is 29.6 Å². The van der Waals surface area contributed by atoms with Gasteiger partial charge in [0.25, 0.3) is 0 Å². The zero-order chi connectivity index (χ0) is 15.1. The summed E-state index contributed by atoms with van der Waals surface area (Å²) >= 11 is 2.79. The molecule has 0 saturated carbocycles. The van der Waals surface area contributed by atoms with Gasteiger partial charge in [0.2, 0.25) is 0 Å². The van der Waals surface area contributed by atoms with Crippen molar-refractivity contribution in [2.24, 2.45) is 0 Å². The van der Waals surface area contributed by atoms with Crippen LogP contribution in [-0.2, 0) is 0 Å². The molecule has 110 valence electrons. The van der Waals surface area contributed by atoms with E-state index in [9.17, 15) is 0 Å². The van der Waals surface area contributed by atoms with E-state index in [1.54, 1.807) is 0 Å². The van der Waals surface area contributed by atoms with Crippen molar-refractivity contribution in [2.45, 2.75) is 25.7 Å². The molecule has 0 aliphatic carbocycles. The van der Waals surface area contributed by atoms with Gasteiger partial charge in [-0.15, -0.1) is 0 Å². The summed E-state index contributed by atoms with van der Waals surface area (Å²) in [5, 5.41) is 0. The van der Waals surface area contributed by atoms with Crippen LogP contribution in [0.1, 0.15) is 20.8 Å². The second-order valence-corrected chi connectivity index (χ2v) is 16.3. The van der Waals surface area contributed by atoms with Crippen LogP contribution in [0.5, 0.6) is 0 Å². The predicted molar refractivity (Wildman–Crippen MR) is 104 cm³/mol. The number of thioether (sulfide) groups is 3. The Hall–Kier alpha value is 0.529. The first-order chi connectivity index (χ1) is 9.68. The maximum atomic E-state index is 3.46. The van der Waals surface area contributed by atoms with Crippen molar-refractivity contribution in [1.82, 2.24) is 0 Å². The molecule has 0 saturated heterocycles. The molecule has 0 rings (SSSR count). The summed E-state index contributed by atoms with van der Waals surface area (Å²) in [5.74, 6) is 16.0. The number of hydrogen-bond donors (Lipinski definition) is 0. The SMILES string of the molecule is CCSCC#[C][Sn]([CH3])([C]#CCSCC)[C]#CCSCC. The molecule has 0 bridgehead atoms. The van der Waals surface area contributed by atoms with Gasteiger partial charge in [0, 0.05) is 0 Å². The van der Waals surface area contributed by atoms with Gasteiger partial charge in [-0.2, -0.15) is 0 Å². The van der Waals surface area contributed by atoms with E-state index >= 15 is 0 Å². The monoisotopic (exact) mass is 432 g/mol. The van der Waals surface area contributed by atoms with Crippen molar-refractivity contribution < 1.29 is 0 Å². The van der Waals surface area contributed by atoms with E-state index < -0.39 is 18.4 Å². The van der Waals surface area contributed by atoms with E-state index in [4.69, 9.17) is 0 Å². The van der Waals surface area contributed by atoms with Gasteiger partial charge in [0.05, 0.1) is 0 Å². The van der Waals surface area contributed by atoms with Crippen molar-refractivity contribution in [3.05, 3.63) is 0 Å². The molecule has 0 unspecified atom stereocenters. The Kier molecular flexibility index (Phi) is 14.8. The average Bonchev–Trinajstić information content (AvgIpc) is 2.45. The van der Waals surface area contributed by atoms with Crippen LogP contribution < -0.4 is 0 Å². The fraction of sp³-hybridized carbons (Fsp3) is 0.625. The third kappa shape index (κ3) is 12.3. The van der Waals surface area contributed by atoms with Gasteiger partial charge in [-0.25, -0.2) is 0 Å². The molecule has 0 fully saturated rings. The topological polar surface area (TPSA) is 0 Å². The van der Waals surface area contributed by atoms with Crippen LogP contribution in [0.2, 0.25) is 4.94 Å². The van der Waals surface area contributed by atoms with Crippen molar-refractivity contribution in [3.63, 3.8) is 0 Å². The molecule has 0 aliphatic heterocycles. The van der Waals surface area contributed by atoms with E-state index in [0.717, 1.165) is 34.5 Å². The van der Waals surface area contributed by atoms with Crippen LogP contribution in [0.4, 0.5) is 0 Å². The first kappa shape index (κ1) is 20.5. The summed E-state index contributed by atoms with van der Waals surface area (Å²) in [5.41, 5.74) is 0. The molecule has 0 N–H and O–H groups in total. The molecule has 0 nitrogen and oxygen atoms in total. The summed E-state index contributed by atoms with van der Waals surface area (Å²) in [6.45, 7) is 6.50. The van der Waals surface area contributed by atoms with Crippen molar-refractivity contribution in [1.29, 1.82) is 0 Å². The predicted octanol–water partition coefficient (Wildman–Crippen LogP) is 3.95. The summed E-state index contributed by atoms with van der Waals surface area (Å²) < 4.78 is 10.4. The Balaban J connectivity index is 4.73. The first-order valence-electron chi connectivity index (χ1n) is 6.91. The molecule has 0 atom stereocenters. The Labute approximate surface area is 142 Å². The number of hydrogen-bond acceptors (Lipinski definition) is 3. The van der Waals surface area contributed by atoms with Gasteiger partial charge in [-0.3, -0.25) is 0 Å². The number of rotatable bonds is 6. The fourth-order valence-electron chi connectivity index (χ4n) is 1.19. The van der Waals surface area contributed by atoms with Gasteiger partial charge >= 0.3 is 143 Å². The van der Waals surface area contributed by atoms with Gasteiger partial charge in [-0.05, 0) is 0 Å². The fourth-order valence-corrected chi connectivity index (χ4v) is 7.74. The average molecular weight is 431 g/mol. The standard InChI is InChI=1S/3C5H7S.CH3.Sn/c3*1-3-5-6-4-2;;/h3*4-5H2,2H3;1H3;. The molecule has 0 heterocycles. The second kappa shape index (κ2) is 14.5. The third-order valence-corrected chi connectivity index (χ3v) is 10.2. The summed E-state index contributed by atoms with van der Waals surface area (Å²) in [6, 6.07) is 0. The van der Waals surface area contributed by atoms with Gasteiger partial charge in [-0.1, -0.05) is 0 Å². The Bertz CT molecular complexity index is 361. The Morgan fingerprint density at radius 1 is 0.650 bits per heavy atom. The molecule has 0 aromatic heterocycles. The molecule has 0 aliphatic rings. The van der Waals surface area contributed by atoms with E-state index in [1.807, 2.05) is 35.3 Å². The summed E-state index contributed by atoms with van der Waals surface area (Å²) in [6.07, 6.45) is 0. The third-order valence-electron chi connectivity index (χ3n) is 2.15. The van der Waals surface area contributed by atoms with Crippen molar-refractivity contribution in [3.8, 4) is 29.6 Å². The first-order valence-corrected chi connectivity index (χ1v) is 17.5. The molecular formula is C16H24S3Sn.